The van der Waals surface area contributed by atoms with Gasteiger partial charge < -0.3 is 20.8 Å². The number of para-hydroxylation sites is 1. The van der Waals surface area contributed by atoms with Gasteiger partial charge in [0.05, 0.1) is 11.4 Å². The van der Waals surface area contributed by atoms with Crippen molar-refractivity contribution in [1.82, 2.24) is 30.0 Å². The Morgan fingerprint density at radius 3 is 2.69 bits per heavy atom. The van der Waals surface area contributed by atoms with Crippen molar-refractivity contribution in [3.63, 3.8) is 0 Å². The van der Waals surface area contributed by atoms with Gasteiger partial charge in [-0.05, 0) is 37.1 Å². The highest BCUT2D eigenvalue weighted by Gasteiger charge is 2.28. The number of aryl methyl sites for hydroxylation is 2. The molecule has 1 fully saturated rings. The lowest BCUT2D eigenvalue weighted by Gasteiger charge is -2.27. The molecular weight excluding hydrogens is 404 g/mol. The summed E-state index contributed by atoms with van der Waals surface area (Å²) in [6, 6.07) is 12.6. The van der Waals surface area contributed by atoms with Crippen LogP contribution >= 0.6 is 0 Å². The number of aromatic nitrogens is 5. The predicted octanol–water partition coefficient (Wildman–Crippen LogP) is 3.72. The number of anilines is 3. The van der Waals surface area contributed by atoms with Crippen LogP contribution in [0.25, 0.3) is 33.4 Å². The van der Waals surface area contributed by atoms with Gasteiger partial charge in [0.15, 0.2) is 11.2 Å². The van der Waals surface area contributed by atoms with Crippen molar-refractivity contribution in [2.45, 2.75) is 19.9 Å². The van der Waals surface area contributed by atoms with Crippen LogP contribution in [0.4, 0.5) is 17.5 Å². The quantitative estimate of drug-likeness (QED) is 0.398. The number of nitrogens with zero attached hydrogens (tertiary/aromatic N) is 5. The largest absolute Gasteiger partial charge is 0.423 e. The fourth-order valence-corrected chi connectivity index (χ4v) is 4.27. The molecule has 0 bridgehead atoms. The number of rotatable bonds is 4. The minimum atomic E-state index is 0.231. The van der Waals surface area contributed by atoms with Crippen LogP contribution in [0.3, 0.4) is 0 Å². The molecule has 3 aromatic heterocycles. The van der Waals surface area contributed by atoms with E-state index in [9.17, 15) is 0 Å². The second-order valence-corrected chi connectivity index (χ2v) is 8.14. The van der Waals surface area contributed by atoms with Crippen molar-refractivity contribution in [2.75, 3.05) is 24.1 Å². The molecule has 2 aromatic carbocycles. The molecule has 0 atom stereocenters. The van der Waals surface area contributed by atoms with Gasteiger partial charge in [0.25, 0.3) is 6.01 Å². The lowest BCUT2D eigenvalue weighted by atomic mass is 9.99. The summed E-state index contributed by atoms with van der Waals surface area (Å²) in [7, 11) is 0. The lowest BCUT2D eigenvalue weighted by molar-refractivity contribution is 0.325. The topological polar surface area (TPSA) is 120 Å². The lowest BCUT2D eigenvalue weighted by Crippen LogP contribution is -2.43. The van der Waals surface area contributed by atoms with E-state index < -0.39 is 0 Å². The maximum atomic E-state index is 6.32. The van der Waals surface area contributed by atoms with Crippen molar-refractivity contribution < 1.29 is 4.42 Å². The van der Waals surface area contributed by atoms with Crippen LogP contribution in [0.15, 0.2) is 47.1 Å². The van der Waals surface area contributed by atoms with Crippen LogP contribution in [0.2, 0.25) is 0 Å². The molecular formula is C23H22N8O. The molecule has 32 heavy (non-hydrogen) atoms. The average Bonchev–Trinajstić information content (AvgIpc) is 3.31. The Hall–Kier alpha value is -3.98. The van der Waals surface area contributed by atoms with Crippen molar-refractivity contribution in [3.05, 3.63) is 53.9 Å². The standard InChI is InChI=1S/C23H22N8O/c1-12-8-13(2)20-19(29-23(32-20)28-14-6-4-3-5-7-14)16(12)18-17-21(24)26-11-27-22(17)31(30-18)15-9-25-10-15/h3-8,11,15,25H,9-10H2,1-2H3,(H,28,29)(H2,24,26,27). The molecule has 9 nitrogen and oxygen atoms in total. The Morgan fingerprint density at radius 2 is 1.94 bits per heavy atom. The summed E-state index contributed by atoms with van der Waals surface area (Å²) in [5.41, 5.74) is 13.1. The number of nitrogens with one attached hydrogen (secondary N) is 2. The first-order valence-corrected chi connectivity index (χ1v) is 10.5. The van der Waals surface area contributed by atoms with E-state index in [4.69, 9.17) is 20.2 Å². The Balaban J connectivity index is 1.59. The number of oxazole rings is 1. The van der Waals surface area contributed by atoms with E-state index in [2.05, 4.69) is 33.6 Å². The van der Waals surface area contributed by atoms with Crippen molar-refractivity contribution in [1.29, 1.82) is 0 Å². The Labute approximate surface area is 183 Å². The maximum absolute atomic E-state index is 6.32. The molecule has 0 amide bonds. The van der Waals surface area contributed by atoms with E-state index in [-0.39, 0.29) is 6.04 Å². The maximum Gasteiger partial charge on any atom is 0.300 e. The summed E-state index contributed by atoms with van der Waals surface area (Å²) in [4.78, 5) is 13.6. The van der Waals surface area contributed by atoms with E-state index in [1.165, 1.54) is 6.33 Å². The number of nitrogens with two attached hydrogens (primary N) is 1. The molecule has 4 heterocycles. The van der Waals surface area contributed by atoms with Crippen LogP contribution in [0.5, 0.6) is 0 Å². The monoisotopic (exact) mass is 426 g/mol. The number of benzene rings is 2. The molecule has 6 rings (SSSR count). The molecule has 160 valence electrons. The molecule has 0 radical (unpaired) electrons. The normalized spacial score (nSPS) is 14.2. The first-order valence-electron chi connectivity index (χ1n) is 10.5. The number of hydrogen-bond acceptors (Lipinski definition) is 8. The molecule has 1 aliphatic rings. The summed E-state index contributed by atoms with van der Waals surface area (Å²) in [6.07, 6.45) is 1.49. The predicted molar refractivity (Wildman–Crippen MR) is 124 cm³/mol. The van der Waals surface area contributed by atoms with Gasteiger partial charge in [-0.25, -0.2) is 14.6 Å². The fraction of sp³-hybridized carbons (Fsp3) is 0.217. The number of fused-ring (bicyclic) bond motifs is 2. The summed E-state index contributed by atoms with van der Waals surface area (Å²) < 4.78 is 8.07. The van der Waals surface area contributed by atoms with Crippen LogP contribution in [0, 0.1) is 13.8 Å². The SMILES string of the molecule is Cc1cc(C)c2oc(Nc3ccccc3)nc2c1-c1nn(C2CNC2)c2ncnc(N)c12. The first-order chi connectivity index (χ1) is 15.6. The minimum absolute atomic E-state index is 0.231. The van der Waals surface area contributed by atoms with Crippen LogP contribution in [0.1, 0.15) is 17.2 Å². The molecule has 4 N–H and O–H groups in total. The fourth-order valence-electron chi connectivity index (χ4n) is 4.27. The Kier molecular flexibility index (Phi) is 4.12. The highest BCUT2D eigenvalue weighted by atomic mass is 16.4. The van der Waals surface area contributed by atoms with E-state index in [0.717, 1.165) is 57.7 Å². The highest BCUT2D eigenvalue weighted by molar-refractivity contribution is 6.05. The highest BCUT2D eigenvalue weighted by Crippen LogP contribution is 2.40. The van der Waals surface area contributed by atoms with E-state index in [1.807, 2.05) is 41.9 Å². The van der Waals surface area contributed by atoms with E-state index >= 15 is 0 Å². The second kappa shape index (κ2) is 7.03. The summed E-state index contributed by atoms with van der Waals surface area (Å²) >= 11 is 0. The third kappa shape index (κ3) is 2.82. The number of nitrogen functional groups attached to an aromatic ring is 1. The molecule has 5 aromatic rings. The van der Waals surface area contributed by atoms with Crippen molar-refractivity contribution in [3.8, 4) is 11.3 Å². The van der Waals surface area contributed by atoms with E-state index in [1.54, 1.807) is 0 Å². The molecule has 1 saturated heterocycles. The van der Waals surface area contributed by atoms with Crippen LogP contribution in [-0.2, 0) is 0 Å². The molecule has 0 spiro atoms. The van der Waals surface area contributed by atoms with Gasteiger partial charge >= 0.3 is 0 Å². The smallest absolute Gasteiger partial charge is 0.300 e. The zero-order valence-corrected chi connectivity index (χ0v) is 17.8. The van der Waals surface area contributed by atoms with Gasteiger partial charge in [-0.1, -0.05) is 24.3 Å². The summed E-state index contributed by atoms with van der Waals surface area (Å²) in [5, 5.41) is 12.3. The van der Waals surface area contributed by atoms with Gasteiger partial charge in [0.2, 0.25) is 0 Å². The third-order valence-corrected chi connectivity index (χ3v) is 5.94. The minimum Gasteiger partial charge on any atom is -0.423 e. The van der Waals surface area contributed by atoms with E-state index in [0.29, 0.717) is 17.4 Å². The Bertz CT molecular complexity index is 1470. The molecule has 1 aliphatic heterocycles. The summed E-state index contributed by atoms with van der Waals surface area (Å²) in [6.45, 7) is 5.76. The average molecular weight is 426 g/mol. The molecule has 0 saturated carbocycles. The molecule has 0 unspecified atom stereocenters. The summed E-state index contributed by atoms with van der Waals surface area (Å²) in [5.74, 6) is 0.405. The van der Waals surface area contributed by atoms with Gasteiger partial charge in [-0.3, -0.25) is 0 Å². The zero-order chi connectivity index (χ0) is 21.8. The third-order valence-electron chi connectivity index (χ3n) is 5.94. The van der Waals surface area contributed by atoms with Crippen LogP contribution in [-0.4, -0.2) is 37.8 Å². The van der Waals surface area contributed by atoms with Gasteiger partial charge in [-0.2, -0.15) is 10.1 Å². The second-order valence-electron chi connectivity index (χ2n) is 8.14. The van der Waals surface area contributed by atoms with Gasteiger partial charge in [0.1, 0.15) is 23.4 Å². The van der Waals surface area contributed by atoms with Gasteiger partial charge in [-0.15, -0.1) is 0 Å². The molecule has 0 aliphatic carbocycles. The zero-order valence-electron chi connectivity index (χ0n) is 17.8. The molecule has 9 heteroatoms. The number of hydrogen-bond donors (Lipinski definition) is 3. The van der Waals surface area contributed by atoms with Crippen LogP contribution < -0.4 is 16.4 Å². The van der Waals surface area contributed by atoms with Crippen molar-refractivity contribution in [2.24, 2.45) is 0 Å². The van der Waals surface area contributed by atoms with Gasteiger partial charge in [0, 0.05) is 24.3 Å². The Morgan fingerprint density at radius 1 is 1.12 bits per heavy atom. The van der Waals surface area contributed by atoms with Crippen molar-refractivity contribution >= 4 is 39.7 Å². The first kappa shape index (κ1) is 18.8.